The van der Waals surface area contributed by atoms with Gasteiger partial charge in [0, 0.05) is 11.8 Å². The van der Waals surface area contributed by atoms with Crippen LogP contribution in [-0.2, 0) is 0 Å². The summed E-state index contributed by atoms with van der Waals surface area (Å²) < 4.78 is 59.1. The number of anilines is 1. The maximum absolute atomic E-state index is 12.6. The van der Waals surface area contributed by atoms with Crippen LogP contribution in [0.4, 0.5) is 23.2 Å². The van der Waals surface area contributed by atoms with Crippen molar-refractivity contribution in [2.75, 3.05) is 18.7 Å². The van der Waals surface area contributed by atoms with Crippen LogP contribution >= 0.6 is 0 Å². The van der Waals surface area contributed by atoms with Gasteiger partial charge in [0.2, 0.25) is 6.79 Å². The Kier molecular flexibility index (Phi) is 2.99. The fourth-order valence-corrected chi connectivity index (χ4v) is 1.30. The highest BCUT2D eigenvalue weighted by Crippen LogP contribution is 2.34. The molecule has 1 aromatic rings. The first-order valence-corrected chi connectivity index (χ1v) is 4.78. The average molecular weight is 251 g/mol. The summed E-state index contributed by atoms with van der Waals surface area (Å²) in [4.78, 5) is 0. The summed E-state index contributed by atoms with van der Waals surface area (Å²) in [6, 6.07) is 4.39. The van der Waals surface area contributed by atoms with Crippen molar-refractivity contribution in [3.8, 4) is 11.5 Å². The molecule has 0 aliphatic carbocycles. The molecule has 17 heavy (non-hydrogen) atoms. The predicted octanol–water partition coefficient (Wildman–Crippen LogP) is 2.73. The van der Waals surface area contributed by atoms with E-state index in [1.54, 1.807) is 0 Å². The van der Waals surface area contributed by atoms with E-state index in [2.05, 4.69) is 5.32 Å². The van der Waals surface area contributed by atoms with Crippen LogP contribution in [0.2, 0.25) is 0 Å². The van der Waals surface area contributed by atoms with Gasteiger partial charge in [-0.2, -0.15) is 8.78 Å². The van der Waals surface area contributed by atoms with Gasteiger partial charge >= 0.3 is 12.3 Å². The second-order valence-electron chi connectivity index (χ2n) is 3.48. The number of hydrogen-bond donors (Lipinski definition) is 1. The molecule has 1 aliphatic heterocycles. The minimum absolute atomic E-state index is 0.0615. The smallest absolute Gasteiger partial charge is 0.324 e. The predicted molar refractivity (Wildman–Crippen MR) is 52.0 cm³/mol. The molecule has 0 fully saturated rings. The van der Waals surface area contributed by atoms with E-state index < -0.39 is 18.9 Å². The number of rotatable bonds is 4. The van der Waals surface area contributed by atoms with Gasteiger partial charge in [-0.25, -0.2) is 8.78 Å². The molecule has 1 aromatic carbocycles. The van der Waals surface area contributed by atoms with E-state index in [0.717, 1.165) is 0 Å². The summed E-state index contributed by atoms with van der Waals surface area (Å²) in [5.74, 6) is -3.16. The normalized spacial score (nSPS) is 14.2. The molecule has 0 spiro atoms. The maximum atomic E-state index is 12.6. The molecule has 0 saturated heterocycles. The lowest BCUT2D eigenvalue weighted by Gasteiger charge is -2.16. The molecule has 0 saturated carbocycles. The Labute approximate surface area is 94.3 Å². The van der Waals surface area contributed by atoms with E-state index in [1.165, 1.54) is 18.2 Å². The van der Waals surface area contributed by atoms with Gasteiger partial charge in [-0.05, 0) is 12.1 Å². The zero-order valence-electron chi connectivity index (χ0n) is 8.55. The Hall–Kier alpha value is -1.66. The Morgan fingerprint density at radius 2 is 1.94 bits per heavy atom. The minimum Gasteiger partial charge on any atom is -0.454 e. The van der Waals surface area contributed by atoms with Gasteiger partial charge in [0.1, 0.15) is 0 Å². The zero-order valence-corrected chi connectivity index (χ0v) is 8.55. The lowest BCUT2D eigenvalue weighted by atomic mass is 10.2. The SMILES string of the molecule is FC(F)C(F)(F)CNc1ccc2c(c1)OCO2. The number of ether oxygens (including phenoxy) is 2. The van der Waals surface area contributed by atoms with E-state index in [1.807, 2.05) is 0 Å². The molecule has 7 heteroatoms. The summed E-state index contributed by atoms with van der Waals surface area (Å²) >= 11 is 0. The molecular weight excluding hydrogens is 242 g/mol. The van der Waals surface area contributed by atoms with Gasteiger partial charge in [0.05, 0.1) is 6.54 Å². The highest BCUT2D eigenvalue weighted by Gasteiger charge is 2.40. The molecule has 0 unspecified atom stereocenters. The summed E-state index contributed by atoms with van der Waals surface area (Å²) in [6.07, 6.45) is -3.69. The fourth-order valence-electron chi connectivity index (χ4n) is 1.30. The molecule has 0 radical (unpaired) electrons. The third kappa shape index (κ3) is 2.54. The van der Waals surface area contributed by atoms with E-state index in [-0.39, 0.29) is 12.5 Å². The number of benzene rings is 1. The van der Waals surface area contributed by atoms with Crippen molar-refractivity contribution < 1.29 is 27.0 Å². The first-order chi connectivity index (χ1) is 7.99. The van der Waals surface area contributed by atoms with Crippen molar-refractivity contribution in [2.24, 2.45) is 0 Å². The Balaban J connectivity index is 2.00. The molecule has 2 rings (SSSR count). The molecule has 0 atom stereocenters. The van der Waals surface area contributed by atoms with Crippen molar-refractivity contribution in [1.29, 1.82) is 0 Å². The van der Waals surface area contributed by atoms with Crippen molar-refractivity contribution >= 4 is 5.69 Å². The molecule has 94 valence electrons. The number of halogens is 4. The molecule has 0 bridgehead atoms. The summed E-state index contributed by atoms with van der Waals surface area (Å²) in [5, 5.41) is 2.23. The lowest BCUT2D eigenvalue weighted by Crippen LogP contribution is -2.34. The van der Waals surface area contributed by atoms with Crippen molar-refractivity contribution in [2.45, 2.75) is 12.3 Å². The molecule has 1 heterocycles. The maximum Gasteiger partial charge on any atom is 0.324 e. The van der Waals surface area contributed by atoms with Crippen LogP contribution in [0.1, 0.15) is 0 Å². The van der Waals surface area contributed by atoms with Gasteiger partial charge in [-0.3, -0.25) is 0 Å². The molecular formula is C10H9F4NO2. The molecule has 1 aliphatic rings. The summed E-state index contributed by atoms with van der Waals surface area (Å²) in [5.41, 5.74) is 0.273. The number of fused-ring (bicyclic) bond motifs is 1. The van der Waals surface area contributed by atoms with Crippen LogP contribution in [0.3, 0.4) is 0 Å². The number of hydrogen-bond acceptors (Lipinski definition) is 3. The lowest BCUT2D eigenvalue weighted by molar-refractivity contribution is -0.117. The first-order valence-electron chi connectivity index (χ1n) is 4.78. The van der Waals surface area contributed by atoms with E-state index in [9.17, 15) is 17.6 Å². The van der Waals surface area contributed by atoms with E-state index in [0.29, 0.717) is 11.5 Å². The van der Waals surface area contributed by atoms with Crippen LogP contribution in [0.5, 0.6) is 11.5 Å². The summed E-state index contributed by atoms with van der Waals surface area (Å²) in [6.45, 7) is -1.07. The topological polar surface area (TPSA) is 30.5 Å². The van der Waals surface area contributed by atoms with Gasteiger partial charge in [0.25, 0.3) is 0 Å². The molecule has 1 N–H and O–H groups in total. The van der Waals surface area contributed by atoms with Gasteiger partial charge < -0.3 is 14.8 Å². The number of alkyl halides is 4. The largest absolute Gasteiger partial charge is 0.454 e. The van der Waals surface area contributed by atoms with Gasteiger partial charge in [0.15, 0.2) is 11.5 Å². The molecule has 0 aromatic heterocycles. The third-order valence-electron chi connectivity index (χ3n) is 2.22. The van der Waals surface area contributed by atoms with E-state index in [4.69, 9.17) is 9.47 Å². The third-order valence-corrected chi connectivity index (χ3v) is 2.22. The minimum atomic E-state index is -4.06. The van der Waals surface area contributed by atoms with Gasteiger partial charge in [-0.15, -0.1) is 0 Å². The highest BCUT2D eigenvalue weighted by atomic mass is 19.3. The van der Waals surface area contributed by atoms with Crippen molar-refractivity contribution in [3.63, 3.8) is 0 Å². The van der Waals surface area contributed by atoms with Gasteiger partial charge in [-0.1, -0.05) is 0 Å². The second-order valence-corrected chi connectivity index (χ2v) is 3.48. The van der Waals surface area contributed by atoms with Crippen LogP contribution < -0.4 is 14.8 Å². The first kappa shape index (κ1) is 11.8. The van der Waals surface area contributed by atoms with E-state index >= 15 is 0 Å². The van der Waals surface area contributed by atoms with Crippen LogP contribution in [0.15, 0.2) is 18.2 Å². The summed E-state index contributed by atoms with van der Waals surface area (Å²) in [7, 11) is 0. The zero-order chi connectivity index (χ0) is 12.5. The average Bonchev–Trinajstić information content (AvgIpc) is 2.73. The number of nitrogens with one attached hydrogen (secondary N) is 1. The van der Waals surface area contributed by atoms with Crippen molar-refractivity contribution in [1.82, 2.24) is 0 Å². The highest BCUT2D eigenvalue weighted by molar-refractivity contribution is 5.55. The quantitative estimate of drug-likeness (QED) is 0.834. The molecule has 3 nitrogen and oxygen atoms in total. The van der Waals surface area contributed by atoms with Crippen LogP contribution in [0.25, 0.3) is 0 Å². The fraction of sp³-hybridized carbons (Fsp3) is 0.400. The Morgan fingerprint density at radius 1 is 1.24 bits per heavy atom. The van der Waals surface area contributed by atoms with Crippen molar-refractivity contribution in [3.05, 3.63) is 18.2 Å². The Morgan fingerprint density at radius 3 is 2.65 bits per heavy atom. The molecule has 0 amide bonds. The van der Waals surface area contributed by atoms with Crippen LogP contribution in [0, 0.1) is 0 Å². The standard InChI is InChI=1S/C10H9F4NO2/c11-9(12)10(13,14)4-15-6-1-2-7-8(3-6)17-5-16-7/h1-3,9,15H,4-5H2. The Bertz CT molecular complexity index is 411. The monoisotopic (exact) mass is 251 g/mol. The van der Waals surface area contributed by atoms with Crippen LogP contribution in [-0.4, -0.2) is 25.7 Å². The second kappa shape index (κ2) is 4.31.